The number of ether oxygens (including phenoxy) is 1. The lowest BCUT2D eigenvalue weighted by Crippen LogP contribution is -2.14. The minimum Gasteiger partial charge on any atom is -0.466 e. The summed E-state index contributed by atoms with van der Waals surface area (Å²) in [5, 5.41) is 0. The smallest absolute Gasteiger partial charge is 0.306 e. The van der Waals surface area contributed by atoms with E-state index in [1.165, 1.54) is 32.1 Å². The van der Waals surface area contributed by atoms with E-state index >= 15 is 0 Å². The van der Waals surface area contributed by atoms with Gasteiger partial charge in [0, 0.05) is 0 Å². The summed E-state index contributed by atoms with van der Waals surface area (Å²) in [5.41, 5.74) is 0.341. The molecule has 0 aliphatic heterocycles. The summed E-state index contributed by atoms with van der Waals surface area (Å²) in [5.74, 6) is 1.63. The van der Waals surface area contributed by atoms with Gasteiger partial charge in [0.2, 0.25) is 0 Å². The molecule has 0 aromatic carbocycles. The molecule has 0 aromatic heterocycles. The fourth-order valence-electron chi connectivity index (χ4n) is 3.98. The second-order valence-electron chi connectivity index (χ2n) is 5.54. The van der Waals surface area contributed by atoms with Gasteiger partial charge in [0.1, 0.15) is 0 Å². The molecule has 0 amide bonds. The van der Waals surface area contributed by atoms with Crippen LogP contribution in [0.15, 0.2) is 12.7 Å². The summed E-state index contributed by atoms with van der Waals surface area (Å²) >= 11 is 0. The van der Waals surface area contributed by atoms with Crippen LogP contribution in [0.1, 0.15) is 51.9 Å². The molecule has 2 heteroatoms. The molecule has 2 aliphatic carbocycles. The van der Waals surface area contributed by atoms with Crippen LogP contribution in [0.5, 0.6) is 0 Å². The lowest BCUT2D eigenvalue weighted by molar-refractivity contribution is -0.144. The van der Waals surface area contributed by atoms with E-state index in [4.69, 9.17) is 4.74 Å². The zero-order chi connectivity index (χ0) is 12.3. The Morgan fingerprint density at radius 2 is 2.41 bits per heavy atom. The fraction of sp³-hybridized carbons (Fsp3) is 0.800. The molecule has 0 bridgehead atoms. The van der Waals surface area contributed by atoms with E-state index in [2.05, 4.69) is 6.58 Å². The number of hydrogen-bond donors (Lipinski definition) is 0. The van der Waals surface area contributed by atoms with Crippen molar-refractivity contribution in [2.24, 2.45) is 17.3 Å². The van der Waals surface area contributed by atoms with E-state index in [1.54, 1.807) is 0 Å². The third kappa shape index (κ3) is 2.41. The summed E-state index contributed by atoms with van der Waals surface area (Å²) in [6.45, 7) is 6.17. The maximum atomic E-state index is 11.7. The molecular weight excluding hydrogens is 212 g/mol. The van der Waals surface area contributed by atoms with E-state index < -0.39 is 0 Å². The van der Waals surface area contributed by atoms with Crippen LogP contribution in [-0.4, -0.2) is 12.6 Å². The zero-order valence-electron chi connectivity index (χ0n) is 10.9. The summed E-state index contributed by atoms with van der Waals surface area (Å²) in [7, 11) is 0. The molecule has 2 rings (SSSR count). The average molecular weight is 236 g/mol. The minimum absolute atomic E-state index is 0.0191. The molecular formula is C15H24O2. The van der Waals surface area contributed by atoms with E-state index in [0.29, 0.717) is 18.4 Å². The lowest BCUT2D eigenvalue weighted by Gasteiger charge is -2.14. The molecule has 3 atom stereocenters. The van der Waals surface area contributed by atoms with Gasteiger partial charge in [-0.05, 0) is 56.3 Å². The Bertz CT molecular complexity index is 297. The van der Waals surface area contributed by atoms with Crippen LogP contribution in [0, 0.1) is 17.3 Å². The molecule has 0 aromatic rings. The number of rotatable bonds is 7. The Morgan fingerprint density at radius 3 is 3.12 bits per heavy atom. The molecule has 96 valence electrons. The highest BCUT2D eigenvalue weighted by Crippen LogP contribution is 2.71. The molecule has 2 saturated carbocycles. The highest BCUT2D eigenvalue weighted by atomic mass is 16.5. The Hall–Kier alpha value is -0.790. The van der Waals surface area contributed by atoms with Gasteiger partial charge in [-0.2, -0.15) is 0 Å². The van der Waals surface area contributed by atoms with Crippen molar-refractivity contribution < 1.29 is 9.53 Å². The zero-order valence-corrected chi connectivity index (χ0v) is 10.9. The van der Waals surface area contributed by atoms with Gasteiger partial charge in [0.25, 0.3) is 0 Å². The van der Waals surface area contributed by atoms with Crippen molar-refractivity contribution in [2.45, 2.75) is 51.9 Å². The highest BCUT2D eigenvalue weighted by Gasteiger charge is 2.65. The van der Waals surface area contributed by atoms with Gasteiger partial charge >= 0.3 is 5.97 Å². The van der Waals surface area contributed by atoms with Crippen LogP contribution >= 0.6 is 0 Å². The van der Waals surface area contributed by atoms with Crippen molar-refractivity contribution in [3.63, 3.8) is 0 Å². The van der Waals surface area contributed by atoms with E-state index in [9.17, 15) is 4.79 Å². The first kappa shape index (κ1) is 12.7. The van der Waals surface area contributed by atoms with Crippen LogP contribution in [0.2, 0.25) is 0 Å². The van der Waals surface area contributed by atoms with E-state index in [-0.39, 0.29) is 5.97 Å². The van der Waals surface area contributed by atoms with Crippen LogP contribution in [-0.2, 0) is 9.53 Å². The maximum Gasteiger partial charge on any atom is 0.306 e. The molecule has 0 heterocycles. The standard InChI is InChI=1S/C15H24O2/c1-3-5-6-8-12-13-9-7-10-15(12,13)11-14(16)17-4-2/h3,12-13H,1,4-11H2,2H3/t12?,13-,15-/m0/s1. The molecule has 2 nitrogen and oxygen atoms in total. The first-order valence-electron chi connectivity index (χ1n) is 7.01. The van der Waals surface area contributed by atoms with Gasteiger partial charge in [0.05, 0.1) is 13.0 Å². The van der Waals surface area contributed by atoms with Gasteiger partial charge in [-0.3, -0.25) is 4.79 Å². The Morgan fingerprint density at radius 1 is 1.59 bits per heavy atom. The predicted molar refractivity (Wildman–Crippen MR) is 68.6 cm³/mol. The number of fused-ring (bicyclic) bond motifs is 1. The van der Waals surface area contributed by atoms with E-state index in [1.807, 2.05) is 13.0 Å². The topological polar surface area (TPSA) is 26.3 Å². The highest BCUT2D eigenvalue weighted by molar-refractivity contribution is 5.71. The van der Waals surface area contributed by atoms with Crippen LogP contribution < -0.4 is 0 Å². The lowest BCUT2D eigenvalue weighted by atomic mass is 9.93. The van der Waals surface area contributed by atoms with E-state index in [0.717, 1.165) is 18.3 Å². The van der Waals surface area contributed by atoms with Gasteiger partial charge in [-0.1, -0.05) is 12.5 Å². The normalized spacial score (nSPS) is 34.2. The number of carbonyl (C=O) groups is 1. The quantitative estimate of drug-likeness (QED) is 0.382. The number of unbranched alkanes of at least 4 members (excludes halogenated alkanes) is 1. The van der Waals surface area contributed by atoms with Crippen molar-refractivity contribution in [3.8, 4) is 0 Å². The Labute approximate surface area is 104 Å². The largest absolute Gasteiger partial charge is 0.466 e. The predicted octanol–water partition coefficient (Wildman–Crippen LogP) is 3.71. The second-order valence-corrected chi connectivity index (χ2v) is 5.54. The molecule has 0 N–H and O–H groups in total. The molecule has 2 aliphatic rings. The molecule has 0 saturated heterocycles. The first-order valence-corrected chi connectivity index (χ1v) is 7.01. The third-order valence-corrected chi connectivity index (χ3v) is 4.71. The fourth-order valence-corrected chi connectivity index (χ4v) is 3.98. The summed E-state index contributed by atoms with van der Waals surface area (Å²) < 4.78 is 5.11. The molecule has 17 heavy (non-hydrogen) atoms. The van der Waals surface area contributed by atoms with Crippen LogP contribution in [0.25, 0.3) is 0 Å². The number of esters is 1. The Balaban J connectivity index is 1.85. The molecule has 0 radical (unpaired) electrons. The van der Waals surface area contributed by atoms with Crippen LogP contribution in [0.3, 0.4) is 0 Å². The van der Waals surface area contributed by atoms with Gasteiger partial charge in [0.15, 0.2) is 0 Å². The summed E-state index contributed by atoms with van der Waals surface area (Å²) in [6, 6.07) is 0. The van der Waals surface area contributed by atoms with Gasteiger partial charge < -0.3 is 4.74 Å². The van der Waals surface area contributed by atoms with Crippen molar-refractivity contribution in [1.29, 1.82) is 0 Å². The SMILES string of the molecule is C=CCCCC1[C@@H]2CCC[C@]12CC(=O)OCC. The van der Waals surface area contributed by atoms with Crippen molar-refractivity contribution in [1.82, 2.24) is 0 Å². The van der Waals surface area contributed by atoms with Crippen molar-refractivity contribution in [3.05, 3.63) is 12.7 Å². The third-order valence-electron chi connectivity index (χ3n) is 4.71. The van der Waals surface area contributed by atoms with Crippen molar-refractivity contribution in [2.75, 3.05) is 6.61 Å². The number of hydrogen-bond acceptors (Lipinski definition) is 2. The van der Waals surface area contributed by atoms with Gasteiger partial charge in [-0.25, -0.2) is 0 Å². The summed E-state index contributed by atoms with van der Waals surface area (Å²) in [6.07, 6.45) is 10.2. The first-order chi connectivity index (χ1) is 8.24. The minimum atomic E-state index is 0.0191. The average Bonchev–Trinajstić information content (AvgIpc) is 2.68. The molecule has 2 fully saturated rings. The number of carbonyl (C=O) groups excluding carboxylic acids is 1. The number of allylic oxidation sites excluding steroid dienone is 1. The Kier molecular flexibility index (Phi) is 3.90. The second kappa shape index (κ2) is 5.24. The van der Waals surface area contributed by atoms with Crippen molar-refractivity contribution >= 4 is 5.97 Å². The molecule has 0 spiro atoms. The van der Waals surface area contributed by atoms with Gasteiger partial charge in [-0.15, -0.1) is 6.58 Å². The summed E-state index contributed by atoms with van der Waals surface area (Å²) in [4.78, 5) is 11.7. The van der Waals surface area contributed by atoms with Crippen LogP contribution in [0.4, 0.5) is 0 Å². The monoisotopic (exact) mass is 236 g/mol. The maximum absolute atomic E-state index is 11.7. The molecule has 1 unspecified atom stereocenters.